The monoisotopic (exact) mass is 234 g/mol. The number of anilines is 1. The highest BCUT2D eigenvalue weighted by Gasteiger charge is 2.01. The smallest absolute Gasteiger partial charge is 0.335 e. The number of rotatable bonds is 4. The minimum absolute atomic E-state index is 0.304. The standard InChI is InChI=1S/C11H10N2O2S/c14-10(15)9-3-1-8(2-4-9)7-13-11-12-5-6-16-11/h1-6H,7H2,(H,12,13)(H,14,15). The van der Waals surface area contributed by atoms with Gasteiger partial charge in [0.2, 0.25) is 0 Å². The van der Waals surface area contributed by atoms with Gasteiger partial charge >= 0.3 is 5.97 Å². The van der Waals surface area contributed by atoms with Gasteiger partial charge in [0.15, 0.2) is 5.13 Å². The van der Waals surface area contributed by atoms with E-state index in [4.69, 9.17) is 5.11 Å². The van der Waals surface area contributed by atoms with Gasteiger partial charge in [-0.2, -0.15) is 0 Å². The molecule has 0 saturated heterocycles. The minimum atomic E-state index is -0.903. The molecule has 2 N–H and O–H groups in total. The molecule has 2 aromatic rings. The lowest BCUT2D eigenvalue weighted by Crippen LogP contribution is -2.00. The predicted molar refractivity (Wildman–Crippen MR) is 62.8 cm³/mol. The summed E-state index contributed by atoms with van der Waals surface area (Å²) in [7, 11) is 0. The minimum Gasteiger partial charge on any atom is -0.478 e. The third-order valence-corrected chi connectivity index (χ3v) is 2.81. The average Bonchev–Trinajstić information content (AvgIpc) is 2.80. The van der Waals surface area contributed by atoms with Crippen molar-refractivity contribution in [1.82, 2.24) is 4.98 Å². The summed E-state index contributed by atoms with van der Waals surface area (Å²) in [6.45, 7) is 0.646. The molecule has 0 fully saturated rings. The molecule has 2 rings (SSSR count). The van der Waals surface area contributed by atoms with Crippen molar-refractivity contribution < 1.29 is 9.90 Å². The number of carboxylic acids is 1. The third kappa shape index (κ3) is 2.58. The first-order chi connectivity index (χ1) is 7.75. The molecule has 82 valence electrons. The van der Waals surface area contributed by atoms with E-state index in [-0.39, 0.29) is 0 Å². The Hall–Kier alpha value is -1.88. The van der Waals surface area contributed by atoms with Gasteiger partial charge in [0, 0.05) is 18.1 Å². The van der Waals surface area contributed by atoms with Gasteiger partial charge in [-0.05, 0) is 17.7 Å². The Kier molecular flexibility index (Phi) is 3.16. The predicted octanol–water partition coefficient (Wildman–Crippen LogP) is 2.45. The van der Waals surface area contributed by atoms with Crippen molar-refractivity contribution >= 4 is 22.4 Å². The van der Waals surface area contributed by atoms with Gasteiger partial charge in [-0.3, -0.25) is 0 Å². The van der Waals surface area contributed by atoms with Crippen LogP contribution in [0.25, 0.3) is 0 Å². The van der Waals surface area contributed by atoms with Crippen LogP contribution in [0.4, 0.5) is 5.13 Å². The lowest BCUT2D eigenvalue weighted by atomic mass is 10.1. The van der Waals surface area contributed by atoms with Crippen LogP contribution in [0.2, 0.25) is 0 Å². The maximum absolute atomic E-state index is 10.6. The lowest BCUT2D eigenvalue weighted by Gasteiger charge is -2.03. The summed E-state index contributed by atoms with van der Waals surface area (Å²) in [6, 6.07) is 6.79. The number of thiazole rings is 1. The molecule has 0 radical (unpaired) electrons. The van der Waals surface area contributed by atoms with Crippen molar-refractivity contribution in [3.05, 3.63) is 47.0 Å². The Labute approximate surface area is 96.6 Å². The van der Waals surface area contributed by atoms with Crippen LogP contribution in [-0.2, 0) is 6.54 Å². The molecular formula is C11H10N2O2S. The van der Waals surface area contributed by atoms with Gasteiger partial charge < -0.3 is 10.4 Å². The summed E-state index contributed by atoms with van der Waals surface area (Å²) in [6.07, 6.45) is 1.74. The van der Waals surface area contributed by atoms with E-state index in [0.29, 0.717) is 12.1 Å². The number of carbonyl (C=O) groups is 1. The summed E-state index contributed by atoms with van der Waals surface area (Å²) in [5.74, 6) is -0.903. The molecule has 5 heteroatoms. The SMILES string of the molecule is O=C(O)c1ccc(CNc2nccs2)cc1. The molecule has 0 spiro atoms. The Morgan fingerprint density at radius 3 is 2.69 bits per heavy atom. The van der Waals surface area contributed by atoms with Gasteiger partial charge in [-0.25, -0.2) is 9.78 Å². The van der Waals surface area contributed by atoms with Crippen LogP contribution in [0.3, 0.4) is 0 Å². The summed E-state index contributed by atoms with van der Waals surface area (Å²) < 4.78 is 0. The number of nitrogens with zero attached hydrogens (tertiary/aromatic N) is 1. The number of hydrogen-bond acceptors (Lipinski definition) is 4. The summed E-state index contributed by atoms with van der Waals surface area (Å²) in [5, 5.41) is 14.6. The molecule has 0 aliphatic heterocycles. The summed E-state index contributed by atoms with van der Waals surface area (Å²) in [4.78, 5) is 14.7. The van der Waals surface area contributed by atoms with Crippen molar-refractivity contribution in [3.63, 3.8) is 0 Å². The molecule has 0 aliphatic carbocycles. The molecule has 1 heterocycles. The first kappa shape index (κ1) is 10.6. The van der Waals surface area contributed by atoms with E-state index in [1.807, 2.05) is 5.38 Å². The second-order valence-corrected chi connectivity index (χ2v) is 4.09. The molecular weight excluding hydrogens is 224 g/mol. The number of aromatic carboxylic acids is 1. The Morgan fingerprint density at radius 1 is 1.38 bits per heavy atom. The van der Waals surface area contributed by atoms with E-state index in [2.05, 4.69) is 10.3 Å². The molecule has 0 atom stereocenters. The lowest BCUT2D eigenvalue weighted by molar-refractivity contribution is 0.0697. The zero-order valence-corrected chi connectivity index (χ0v) is 9.20. The van der Waals surface area contributed by atoms with Gasteiger partial charge in [0.1, 0.15) is 0 Å². The fourth-order valence-electron chi connectivity index (χ4n) is 1.25. The van der Waals surface area contributed by atoms with Crippen LogP contribution in [0, 0.1) is 0 Å². The maximum Gasteiger partial charge on any atom is 0.335 e. The first-order valence-electron chi connectivity index (χ1n) is 4.71. The Bertz CT molecular complexity index is 465. The van der Waals surface area contributed by atoms with E-state index < -0.39 is 5.97 Å². The number of hydrogen-bond donors (Lipinski definition) is 2. The first-order valence-corrected chi connectivity index (χ1v) is 5.59. The molecule has 1 aromatic carbocycles. The number of benzene rings is 1. The fourth-order valence-corrected chi connectivity index (χ4v) is 1.78. The highest BCUT2D eigenvalue weighted by atomic mass is 32.1. The van der Waals surface area contributed by atoms with Crippen molar-refractivity contribution in [1.29, 1.82) is 0 Å². The van der Waals surface area contributed by atoms with E-state index in [1.165, 1.54) is 11.3 Å². The highest BCUT2D eigenvalue weighted by molar-refractivity contribution is 7.13. The third-order valence-electron chi connectivity index (χ3n) is 2.08. The van der Waals surface area contributed by atoms with Crippen molar-refractivity contribution in [3.8, 4) is 0 Å². The second kappa shape index (κ2) is 4.76. The Balaban J connectivity index is 1.98. The molecule has 0 amide bonds. The second-order valence-electron chi connectivity index (χ2n) is 3.19. The molecule has 0 saturated carbocycles. The van der Waals surface area contributed by atoms with Crippen molar-refractivity contribution in [2.24, 2.45) is 0 Å². The van der Waals surface area contributed by atoms with Crippen LogP contribution in [0.1, 0.15) is 15.9 Å². The van der Waals surface area contributed by atoms with E-state index in [9.17, 15) is 4.79 Å². The van der Waals surface area contributed by atoms with Gasteiger partial charge in [-0.1, -0.05) is 12.1 Å². The highest BCUT2D eigenvalue weighted by Crippen LogP contribution is 2.12. The summed E-state index contributed by atoms with van der Waals surface area (Å²) in [5.41, 5.74) is 1.33. The van der Waals surface area contributed by atoms with Crippen LogP contribution < -0.4 is 5.32 Å². The Morgan fingerprint density at radius 2 is 2.12 bits per heavy atom. The number of aromatic nitrogens is 1. The van der Waals surface area contributed by atoms with E-state index in [1.54, 1.807) is 30.5 Å². The number of carboxylic acid groups (broad SMARTS) is 1. The molecule has 1 aromatic heterocycles. The van der Waals surface area contributed by atoms with Crippen LogP contribution in [0.15, 0.2) is 35.8 Å². The fraction of sp³-hybridized carbons (Fsp3) is 0.0909. The topological polar surface area (TPSA) is 62.2 Å². The van der Waals surface area contributed by atoms with E-state index >= 15 is 0 Å². The normalized spacial score (nSPS) is 10.0. The maximum atomic E-state index is 10.6. The molecule has 4 nitrogen and oxygen atoms in total. The quantitative estimate of drug-likeness (QED) is 0.853. The largest absolute Gasteiger partial charge is 0.478 e. The van der Waals surface area contributed by atoms with Crippen molar-refractivity contribution in [2.45, 2.75) is 6.54 Å². The average molecular weight is 234 g/mol. The van der Waals surface area contributed by atoms with Crippen LogP contribution in [0.5, 0.6) is 0 Å². The van der Waals surface area contributed by atoms with Gasteiger partial charge in [-0.15, -0.1) is 11.3 Å². The zero-order chi connectivity index (χ0) is 11.4. The van der Waals surface area contributed by atoms with Gasteiger partial charge in [0.25, 0.3) is 0 Å². The molecule has 16 heavy (non-hydrogen) atoms. The van der Waals surface area contributed by atoms with Crippen LogP contribution >= 0.6 is 11.3 Å². The van der Waals surface area contributed by atoms with Gasteiger partial charge in [0.05, 0.1) is 5.56 Å². The van der Waals surface area contributed by atoms with Crippen molar-refractivity contribution in [2.75, 3.05) is 5.32 Å². The molecule has 0 unspecified atom stereocenters. The van der Waals surface area contributed by atoms with E-state index in [0.717, 1.165) is 10.7 Å². The number of nitrogens with one attached hydrogen (secondary N) is 1. The van der Waals surface area contributed by atoms with Crippen LogP contribution in [-0.4, -0.2) is 16.1 Å². The zero-order valence-electron chi connectivity index (χ0n) is 8.38. The molecule has 0 aliphatic rings. The summed E-state index contributed by atoms with van der Waals surface area (Å²) >= 11 is 1.53. The molecule has 0 bridgehead atoms.